The van der Waals surface area contributed by atoms with Gasteiger partial charge in [0.15, 0.2) is 5.13 Å². The smallest absolute Gasteiger partial charge is 0.325 e. The molecule has 0 atom stereocenters. The van der Waals surface area contributed by atoms with E-state index in [-0.39, 0.29) is 18.4 Å². The average Bonchev–Trinajstić information content (AvgIpc) is 3.20. The van der Waals surface area contributed by atoms with Crippen LogP contribution < -0.4 is 15.5 Å². The minimum atomic E-state index is -0.362. The van der Waals surface area contributed by atoms with E-state index in [4.69, 9.17) is 11.6 Å². The largest absolute Gasteiger partial charge is 0.367 e. The van der Waals surface area contributed by atoms with Crippen molar-refractivity contribution >= 4 is 51.4 Å². The maximum absolute atomic E-state index is 12.7. The second kappa shape index (κ2) is 10.0. The molecule has 3 amide bonds. The lowest BCUT2D eigenvalue weighted by molar-refractivity contribution is -0.130. The predicted octanol–water partition coefficient (Wildman–Crippen LogP) is 4.64. The van der Waals surface area contributed by atoms with Crippen LogP contribution in [-0.4, -0.2) is 48.0 Å². The Morgan fingerprint density at radius 1 is 1.06 bits per heavy atom. The van der Waals surface area contributed by atoms with Crippen LogP contribution in [-0.2, 0) is 11.2 Å². The fourth-order valence-electron chi connectivity index (χ4n) is 3.60. The zero-order chi connectivity index (χ0) is 22.5. The quantitative estimate of drug-likeness (QED) is 0.570. The summed E-state index contributed by atoms with van der Waals surface area (Å²) in [5, 5.41) is 8.50. The minimum absolute atomic E-state index is 0.0323. The van der Waals surface area contributed by atoms with E-state index in [1.807, 2.05) is 60.4 Å². The molecule has 0 radical (unpaired) electrons. The standard InChI is InChI=1S/C23H24ClN5O2S/c1-16-5-4-6-17(13-16)25-22(31)27-23-26-18(15-32-23)14-21(30)29-11-9-28(10-12-29)20-8-3-2-7-19(20)24/h2-8,13,15H,9-12,14H2,1H3,(H2,25,26,27,31). The van der Waals surface area contributed by atoms with Crippen LogP contribution in [0.2, 0.25) is 5.02 Å². The third-order valence-corrected chi connectivity index (χ3v) is 6.33. The van der Waals surface area contributed by atoms with Crippen LogP contribution in [0.1, 0.15) is 11.3 Å². The molecule has 7 nitrogen and oxygen atoms in total. The van der Waals surface area contributed by atoms with Gasteiger partial charge in [0.1, 0.15) is 0 Å². The Morgan fingerprint density at radius 2 is 1.84 bits per heavy atom. The van der Waals surface area contributed by atoms with Crippen molar-refractivity contribution in [3.05, 3.63) is 70.2 Å². The summed E-state index contributed by atoms with van der Waals surface area (Å²) in [5.74, 6) is 0.0323. The van der Waals surface area contributed by atoms with Gasteiger partial charge in [-0.1, -0.05) is 35.9 Å². The molecule has 3 aromatic rings. The summed E-state index contributed by atoms with van der Waals surface area (Å²) in [6.07, 6.45) is 0.212. The lowest BCUT2D eigenvalue weighted by Crippen LogP contribution is -2.49. The second-order valence-corrected chi connectivity index (χ2v) is 8.85. The fraction of sp³-hybridized carbons (Fsp3) is 0.261. The number of amides is 3. The summed E-state index contributed by atoms with van der Waals surface area (Å²) >= 11 is 7.59. The number of hydrogen-bond donors (Lipinski definition) is 2. The first kappa shape index (κ1) is 22.1. The molecule has 2 aromatic carbocycles. The molecule has 0 aliphatic carbocycles. The average molecular weight is 470 g/mol. The zero-order valence-electron chi connectivity index (χ0n) is 17.7. The van der Waals surface area contributed by atoms with Crippen molar-refractivity contribution in [2.24, 2.45) is 0 Å². The van der Waals surface area contributed by atoms with Crippen LogP contribution in [0.5, 0.6) is 0 Å². The summed E-state index contributed by atoms with van der Waals surface area (Å²) in [7, 11) is 0. The lowest BCUT2D eigenvalue weighted by atomic mass is 10.2. The van der Waals surface area contributed by atoms with Crippen LogP contribution in [0.3, 0.4) is 0 Å². The molecule has 0 unspecified atom stereocenters. The van der Waals surface area contributed by atoms with Gasteiger partial charge in [0, 0.05) is 37.2 Å². The van der Waals surface area contributed by atoms with Gasteiger partial charge in [0.25, 0.3) is 0 Å². The van der Waals surface area contributed by atoms with Crippen LogP contribution in [0.15, 0.2) is 53.9 Å². The Morgan fingerprint density at radius 3 is 2.59 bits per heavy atom. The summed E-state index contributed by atoms with van der Waals surface area (Å²) in [5.41, 5.74) is 3.43. The van der Waals surface area contributed by atoms with Crippen molar-refractivity contribution in [1.29, 1.82) is 0 Å². The minimum Gasteiger partial charge on any atom is -0.367 e. The van der Waals surface area contributed by atoms with Crippen LogP contribution in [0.4, 0.5) is 21.3 Å². The van der Waals surface area contributed by atoms with Crippen molar-refractivity contribution in [3.8, 4) is 0 Å². The Kier molecular flexibility index (Phi) is 6.92. The number of rotatable bonds is 5. The highest BCUT2D eigenvalue weighted by Gasteiger charge is 2.23. The SMILES string of the molecule is Cc1cccc(NC(=O)Nc2nc(CC(=O)N3CCN(c4ccccc4Cl)CC3)cs2)c1. The van der Waals surface area contributed by atoms with Gasteiger partial charge in [-0.3, -0.25) is 10.1 Å². The van der Waals surface area contributed by atoms with Crippen LogP contribution in [0, 0.1) is 6.92 Å². The van der Waals surface area contributed by atoms with Gasteiger partial charge in [0.2, 0.25) is 5.91 Å². The lowest BCUT2D eigenvalue weighted by Gasteiger charge is -2.36. The van der Waals surface area contributed by atoms with Crippen molar-refractivity contribution in [2.45, 2.75) is 13.3 Å². The summed E-state index contributed by atoms with van der Waals surface area (Å²) < 4.78 is 0. The van der Waals surface area contributed by atoms with E-state index in [2.05, 4.69) is 20.5 Å². The number of nitrogens with zero attached hydrogens (tertiary/aromatic N) is 3. The number of para-hydroxylation sites is 1. The summed E-state index contributed by atoms with van der Waals surface area (Å²) in [6.45, 7) is 4.71. The molecule has 1 aliphatic rings. The number of nitrogens with one attached hydrogen (secondary N) is 2. The van der Waals surface area contributed by atoms with Gasteiger partial charge in [0.05, 0.1) is 22.8 Å². The third-order valence-electron chi connectivity index (χ3n) is 5.21. The maximum atomic E-state index is 12.7. The van der Waals surface area contributed by atoms with E-state index in [1.165, 1.54) is 11.3 Å². The third kappa shape index (κ3) is 5.57. The number of anilines is 3. The molecule has 4 rings (SSSR count). The van der Waals surface area contributed by atoms with Crippen molar-refractivity contribution in [3.63, 3.8) is 0 Å². The molecular formula is C23H24ClN5O2S. The number of halogens is 1. The number of thiazole rings is 1. The first-order valence-corrected chi connectivity index (χ1v) is 11.6. The van der Waals surface area contributed by atoms with Gasteiger partial charge in [-0.25, -0.2) is 9.78 Å². The number of aryl methyl sites for hydroxylation is 1. The van der Waals surface area contributed by atoms with E-state index in [0.29, 0.717) is 29.6 Å². The first-order valence-electron chi connectivity index (χ1n) is 10.3. The molecule has 32 heavy (non-hydrogen) atoms. The number of piperazine rings is 1. The van der Waals surface area contributed by atoms with E-state index >= 15 is 0 Å². The highest BCUT2D eigenvalue weighted by molar-refractivity contribution is 7.14. The van der Waals surface area contributed by atoms with Gasteiger partial charge < -0.3 is 15.1 Å². The molecule has 1 aromatic heterocycles. The number of benzene rings is 2. The fourth-order valence-corrected chi connectivity index (χ4v) is 4.56. The number of hydrogen-bond acceptors (Lipinski definition) is 5. The van der Waals surface area contributed by atoms with Gasteiger partial charge in [-0.2, -0.15) is 0 Å². The maximum Gasteiger partial charge on any atom is 0.325 e. The molecule has 2 N–H and O–H groups in total. The number of urea groups is 1. The van der Waals surface area contributed by atoms with Crippen molar-refractivity contribution in [1.82, 2.24) is 9.88 Å². The topological polar surface area (TPSA) is 77.6 Å². The highest BCUT2D eigenvalue weighted by Crippen LogP contribution is 2.26. The molecule has 1 saturated heterocycles. The molecule has 166 valence electrons. The van der Waals surface area contributed by atoms with E-state index in [1.54, 1.807) is 5.38 Å². The van der Waals surface area contributed by atoms with Crippen LogP contribution in [0.25, 0.3) is 0 Å². The summed E-state index contributed by atoms with van der Waals surface area (Å²) in [6, 6.07) is 14.9. The number of carbonyl (C=O) groups is 2. The zero-order valence-corrected chi connectivity index (χ0v) is 19.2. The van der Waals surface area contributed by atoms with Crippen molar-refractivity contribution < 1.29 is 9.59 Å². The Bertz CT molecular complexity index is 1110. The van der Waals surface area contributed by atoms with E-state index < -0.39 is 0 Å². The molecule has 1 fully saturated rings. The van der Waals surface area contributed by atoms with Crippen molar-refractivity contribution in [2.75, 3.05) is 41.7 Å². The molecular weight excluding hydrogens is 446 g/mol. The Hall–Kier alpha value is -3.10. The number of aromatic nitrogens is 1. The molecule has 0 saturated carbocycles. The second-order valence-electron chi connectivity index (χ2n) is 7.59. The Balaban J connectivity index is 1.27. The normalized spacial score (nSPS) is 13.7. The van der Waals surface area contributed by atoms with Gasteiger partial charge in [-0.05, 0) is 36.8 Å². The number of carbonyl (C=O) groups excluding carboxylic acids is 2. The summed E-state index contributed by atoms with van der Waals surface area (Å²) in [4.78, 5) is 33.4. The van der Waals surface area contributed by atoms with Gasteiger partial charge in [-0.15, -0.1) is 11.3 Å². The predicted molar refractivity (Wildman–Crippen MR) is 130 cm³/mol. The monoisotopic (exact) mass is 469 g/mol. The molecule has 0 spiro atoms. The first-order chi connectivity index (χ1) is 15.5. The molecule has 0 bridgehead atoms. The van der Waals surface area contributed by atoms with E-state index in [9.17, 15) is 9.59 Å². The highest BCUT2D eigenvalue weighted by atomic mass is 35.5. The van der Waals surface area contributed by atoms with Crippen LogP contribution >= 0.6 is 22.9 Å². The molecule has 9 heteroatoms. The molecule has 2 heterocycles. The van der Waals surface area contributed by atoms with Gasteiger partial charge >= 0.3 is 6.03 Å². The molecule has 1 aliphatic heterocycles. The Labute approximate surface area is 196 Å². The van der Waals surface area contributed by atoms with E-state index in [0.717, 1.165) is 29.4 Å².